The Hall–Kier alpha value is -3.85. The van der Waals surface area contributed by atoms with Gasteiger partial charge < -0.3 is 15.0 Å². The molecule has 4 rings (SSSR count). The Morgan fingerprint density at radius 2 is 1.88 bits per heavy atom. The fraction of sp³-hybridized carbons (Fsp3) is 0.167. The van der Waals surface area contributed by atoms with Gasteiger partial charge in [0.15, 0.2) is 0 Å². The van der Waals surface area contributed by atoms with Crippen molar-refractivity contribution in [3.05, 3.63) is 99.6 Å². The number of nitrogens with one attached hydrogen (secondary N) is 1. The quantitative estimate of drug-likeness (QED) is 0.405. The number of non-ortho nitro benzene ring substituents is 1. The lowest BCUT2D eigenvalue weighted by molar-refractivity contribution is -0.384. The van der Waals surface area contributed by atoms with Crippen LogP contribution in [0.5, 0.6) is 5.75 Å². The van der Waals surface area contributed by atoms with Crippen LogP contribution in [-0.4, -0.2) is 34.5 Å². The van der Waals surface area contributed by atoms with Gasteiger partial charge in [-0.15, -0.1) is 11.8 Å². The highest BCUT2D eigenvalue weighted by Gasteiger charge is 2.32. The van der Waals surface area contributed by atoms with Crippen LogP contribution in [0, 0.1) is 10.1 Å². The van der Waals surface area contributed by atoms with E-state index in [0.29, 0.717) is 23.6 Å². The summed E-state index contributed by atoms with van der Waals surface area (Å²) in [4.78, 5) is 37.6. The van der Waals surface area contributed by atoms with Gasteiger partial charge in [0.25, 0.3) is 11.6 Å². The fourth-order valence-electron chi connectivity index (χ4n) is 3.58. The molecule has 3 aromatic carbocycles. The summed E-state index contributed by atoms with van der Waals surface area (Å²) in [6.07, 6.45) is 0. The Morgan fingerprint density at radius 3 is 2.55 bits per heavy atom. The molecule has 168 valence electrons. The van der Waals surface area contributed by atoms with Crippen molar-refractivity contribution in [1.82, 2.24) is 4.90 Å². The highest BCUT2D eigenvalue weighted by atomic mass is 32.2. The fourth-order valence-corrected chi connectivity index (χ4v) is 4.77. The first-order chi connectivity index (χ1) is 16.0. The van der Waals surface area contributed by atoms with Crippen LogP contribution in [-0.2, 0) is 11.3 Å². The molecule has 0 bridgehead atoms. The van der Waals surface area contributed by atoms with Crippen molar-refractivity contribution >= 4 is 35.0 Å². The number of amides is 2. The second-order valence-electron chi connectivity index (χ2n) is 7.39. The van der Waals surface area contributed by atoms with Gasteiger partial charge in [0.1, 0.15) is 11.1 Å². The van der Waals surface area contributed by atoms with Gasteiger partial charge in [0.2, 0.25) is 5.91 Å². The number of ether oxygens (including phenoxy) is 1. The molecule has 1 aliphatic heterocycles. The summed E-state index contributed by atoms with van der Waals surface area (Å²) in [6.45, 7) is 0.520. The monoisotopic (exact) mass is 463 g/mol. The number of nitro groups is 1. The van der Waals surface area contributed by atoms with E-state index in [1.54, 1.807) is 23.9 Å². The molecule has 33 heavy (non-hydrogen) atoms. The zero-order chi connectivity index (χ0) is 23.4. The van der Waals surface area contributed by atoms with Crippen molar-refractivity contribution in [1.29, 1.82) is 0 Å². The molecule has 9 heteroatoms. The van der Waals surface area contributed by atoms with Gasteiger partial charge in [-0.25, -0.2) is 0 Å². The SMILES string of the molecule is COc1ccc([N+](=O)[O-])cc1NC(=O)c1ccc([C@H]2SCC(=O)N2Cc2ccccc2)cc1. The van der Waals surface area contributed by atoms with Gasteiger partial charge in [0, 0.05) is 24.2 Å². The Kier molecular flexibility index (Phi) is 6.60. The van der Waals surface area contributed by atoms with Crippen LogP contribution in [0.2, 0.25) is 0 Å². The molecule has 0 aromatic heterocycles. The first-order valence-corrected chi connectivity index (χ1v) is 11.2. The number of hydrogen-bond donors (Lipinski definition) is 1. The number of rotatable bonds is 7. The van der Waals surface area contributed by atoms with Crippen molar-refractivity contribution in [2.45, 2.75) is 11.9 Å². The molecule has 0 saturated carbocycles. The summed E-state index contributed by atoms with van der Waals surface area (Å²) in [6, 6.07) is 20.8. The molecule has 1 heterocycles. The van der Waals surface area contributed by atoms with Gasteiger partial charge in [-0.2, -0.15) is 0 Å². The largest absolute Gasteiger partial charge is 0.495 e. The standard InChI is InChI=1S/C24H21N3O5S/c1-32-21-12-11-19(27(30)31)13-20(21)25-23(29)17-7-9-18(10-8-17)24-26(22(28)15-33-24)14-16-5-3-2-4-6-16/h2-13,24H,14-15H2,1H3,(H,25,29)/t24-/m1/s1. The van der Waals surface area contributed by atoms with Crippen LogP contribution in [0.25, 0.3) is 0 Å². The Balaban J connectivity index is 1.50. The number of anilines is 1. The minimum atomic E-state index is -0.536. The summed E-state index contributed by atoms with van der Waals surface area (Å²) in [5.74, 6) is 0.389. The summed E-state index contributed by atoms with van der Waals surface area (Å²) < 4.78 is 5.20. The van der Waals surface area contributed by atoms with E-state index in [4.69, 9.17) is 4.74 Å². The molecular formula is C24H21N3O5S. The highest BCUT2D eigenvalue weighted by Crippen LogP contribution is 2.39. The summed E-state index contributed by atoms with van der Waals surface area (Å²) in [5.41, 5.74) is 2.43. The average molecular weight is 464 g/mol. The lowest BCUT2D eigenvalue weighted by Crippen LogP contribution is -2.27. The first kappa shape index (κ1) is 22.3. The third-order valence-corrected chi connectivity index (χ3v) is 6.52. The van der Waals surface area contributed by atoms with Crippen molar-refractivity contribution in [3.63, 3.8) is 0 Å². The van der Waals surface area contributed by atoms with Crippen LogP contribution in [0.4, 0.5) is 11.4 Å². The van der Waals surface area contributed by atoms with E-state index in [2.05, 4.69) is 5.32 Å². The number of carbonyl (C=O) groups excluding carboxylic acids is 2. The summed E-state index contributed by atoms with van der Waals surface area (Å²) >= 11 is 1.55. The maximum Gasteiger partial charge on any atom is 0.271 e. The van der Waals surface area contributed by atoms with E-state index in [1.165, 1.54) is 25.3 Å². The maximum absolute atomic E-state index is 12.7. The maximum atomic E-state index is 12.7. The number of thioether (sulfide) groups is 1. The molecule has 1 aliphatic rings. The second kappa shape index (κ2) is 9.74. The average Bonchev–Trinajstić information content (AvgIpc) is 3.19. The number of methoxy groups -OCH3 is 1. The van der Waals surface area contributed by atoms with Crippen LogP contribution >= 0.6 is 11.8 Å². The smallest absolute Gasteiger partial charge is 0.271 e. The van der Waals surface area contributed by atoms with E-state index >= 15 is 0 Å². The van der Waals surface area contributed by atoms with Gasteiger partial charge in [-0.1, -0.05) is 42.5 Å². The van der Waals surface area contributed by atoms with E-state index in [9.17, 15) is 19.7 Å². The topological polar surface area (TPSA) is 102 Å². The third-order valence-electron chi connectivity index (χ3n) is 5.26. The number of nitrogens with zero attached hydrogens (tertiary/aromatic N) is 2. The third kappa shape index (κ3) is 4.98. The molecule has 0 radical (unpaired) electrons. The predicted molar refractivity (Wildman–Crippen MR) is 126 cm³/mol. The van der Waals surface area contributed by atoms with Gasteiger partial charge in [-0.05, 0) is 29.3 Å². The zero-order valence-electron chi connectivity index (χ0n) is 17.8. The van der Waals surface area contributed by atoms with Crippen LogP contribution in [0.15, 0.2) is 72.8 Å². The van der Waals surface area contributed by atoms with Crippen molar-refractivity contribution in [2.24, 2.45) is 0 Å². The molecule has 1 saturated heterocycles. The molecule has 1 N–H and O–H groups in total. The Bertz CT molecular complexity index is 1180. The zero-order valence-corrected chi connectivity index (χ0v) is 18.6. The molecule has 8 nitrogen and oxygen atoms in total. The van der Waals surface area contributed by atoms with E-state index in [1.807, 2.05) is 47.4 Å². The van der Waals surface area contributed by atoms with Crippen molar-refractivity contribution < 1.29 is 19.2 Å². The number of hydrogen-bond acceptors (Lipinski definition) is 6. The lowest BCUT2D eigenvalue weighted by atomic mass is 10.1. The minimum absolute atomic E-state index is 0.0773. The van der Waals surface area contributed by atoms with Crippen LogP contribution in [0.1, 0.15) is 26.9 Å². The molecule has 0 unspecified atom stereocenters. The minimum Gasteiger partial charge on any atom is -0.495 e. The van der Waals surface area contributed by atoms with Crippen LogP contribution < -0.4 is 10.1 Å². The van der Waals surface area contributed by atoms with Gasteiger partial charge >= 0.3 is 0 Å². The predicted octanol–water partition coefficient (Wildman–Crippen LogP) is 4.63. The molecule has 3 aromatic rings. The highest BCUT2D eigenvalue weighted by molar-refractivity contribution is 8.00. The molecular weight excluding hydrogens is 442 g/mol. The summed E-state index contributed by atoms with van der Waals surface area (Å²) in [7, 11) is 1.42. The van der Waals surface area contributed by atoms with Gasteiger partial charge in [0.05, 0.1) is 23.5 Å². The normalized spacial score (nSPS) is 15.4. The molecule has 1 fully saturated rings. The number of carbonyl (C=O) groups is 2. The van der Waals surface area contributed by atoms with Crippen molar-refractivity contribution in [2.75, 3.05) is 18.2 Å². The van der Waals surface area contributed by atoms with Gasteiger partial charge in [-0.3, -0.25) is 19.7 Å². The lowest BCUT2D eigenvalue weighted by Gasteiger charge is -2.24. The molecule has 0 aliphatic carbocycles. The second-order valence-corrected chi connectivity index (χ2v) is 8.46. The first-order valence-electron chi connectivity index (χ1n) is 10.1. The molecule has 0 spiro atoms. The van der Waals surface area contributed by atoms with Crippen molar-refractivity contribution in [3.8, 4) is 5.75 Å². The molecule has 2 amide bonds. The van der Waals surface area contributed by atoms with E-state index < -0.39 is 10.8 Å². The Morgan fingerprint density at radius 1 is 1.15 bits per heavy atom. The Labute approximate surface area is 194 Å². The summed E-state index contributed by atoms with van der Waals surface area (Å²) in [5, 5.41) is 13.6. The molecule has 1 atom stereocenters. The number of benzene rings is 3. The van der Waals surface area contributed by atoms with E-state index in [-0.39, 0.29) is 22.7 Å². The number of nitro benzene ring substituents is 1. The van der Waals surface area contributed by atoms with Crippen LogP contribution in [0.3, 0.4) is 0 Å². The van der Waals surface area contributed by atoms with E-state index in [0.717, 1.165) is 11.1 Å².